The van der Waals surface area contributed by atoms with Gasteiger partial charge in [0.2, 0.25) is 5.91 Å². The molecule has 2 aliphatic rings. The number of hydrogen-bond acceptors (Lipinski definition) is 2. The summed E-state index contributed by atoms with van der Waals surface area (Å²) in [6.45, 7) is 0. The van der Waals surface area contributed by atoms with Crippen LogP contribution in [0.1, 0.15) is 57.8 Å². The predicted molar refractivity (Wildman–Crippen MR) is 64.9 cm³/mol. The molecule has 0 spiro atoms. The second kappa shape index (κ2) is 5.67. The van der Waals surface area contributed by atoms with Gasteiger partial charge in [0, 0.05) is 18.0 Å². The molecule has 0 aliphatic heterocycles. The molecule has 3 N–H and O–H groups in total. The molecule has 2 aliphatic carbocycles. The van der Waals surface area contributed by atoms with Crippen LogP contribution in [-0.4, -0.2) is 18.0 Å². The van der Waals surface area contributed by atoms with E-state index in [1.807, 2.05) is 0 Å². The van der Waals surface area contributed by atoms with Crippen molar-refractivity contribution in [2.45, 2.75) is 69.9 Å². The molecule has 0 bridgehead atoms. The predicted octanol–water partition coefficient (Wildman–Crippen LogP) is 1.95. The van der Waals surface area contributed by atoms with Crippen molar-refractivity contribution >= 4 is 5.91 Å². The summed E-state index contributed by atoms with van der Waals surface area (Å²) >= 11 is 0. The van der Waals surface area contributed by atoms with Crippen molar-refractivity contribution in [3.63, 3.8) is 0 Å². The summed E-state index contributed by atoms with van der Waals surface area (Å²) in [5.41, 5.74) is 5.86. The van der Waals surface area contributed by atoms with Crippen molar-refractivity contribution in [2.75, 3.05) is 0 Å². The molecular formula is C13H24N2O. The van der Waals surface area contributed by atoms with E-state index >= 15 is 0 Å². The maximum absolute atomic E-state index is 12.0. The number of carbonyl (C=O) groups excluding carboxylic acids is 1. The lowest BCUT2D eigenvalue weighted by atomic mass is 9.87. The summed E-state index contributed by atoms with van der Waals surface area (Å²) in [4.78, 5) is 12.0. The van der Waals surface area contributed by atoms with Gasteiger partial charge in [-0.1, -0.05) is 19.3 Å². The van der Waals surface area contributed by atoms with E-state index in [0.717, 1.165) is 38.5 Å². The summed E-state index contributed by atoms with van der Waals surface area (Å²) in [6, 6.07) is 0.761. The molecule has 92 valence electrons. The number of nitrogens with two attached hydrogens (primary N) is 1. The lowest BCUT2D eigenvalue weighted by molar-refractivity contribution is -0.126. The van der Waals surface area contributed by atoms with E-state index in [2.05, 4.69) is 5.32 Å². The average molecular weight is 224 g/mol. The van der Waals surface area contributed by atoms with Crippen LogP contribution in [-0.2, 0) is 4.79 Å². The molecule has 0 aromatic rings. The van der Waals surface area contributed by atoms with Gasteiger partial charge in [-0.3, -0.25) is 4.79 Å². The fraction of sp³-hybridized carbons (Fsp3) is 0.923. The monoisotopic (exact) mass is 224 g/mol. The average Bonchev–Trinajstić information content (AvgIpc) is 2.33. The van der Waals surface area contributed by atoms with Gasteiger partial charge in [0.05, 0.1) is 0 Å². The van der Waals surface area contributed by atoms with Gasteiger partial charge in [0.1, 0.15) is 0 Å². The van der Waals surface area contributed by atoms with Crippen molar-refractivity contribution < 1.29 is 4.79 Å². The SMILES string of the molecule is NC1CCC(NC(=O)C2CCCCC2)CC1. The van der Waals surface area contributed by atoms with Gasteiger partial charge in [0.15, 0.2) is 0 Å². The first kappa shape index (κ1) is 11.9. The number of rotatable bonds is 2. The Balaban J connectivity index is 1.73. The zero-order valence-electron chi connectivity index (χ0n) is 10.1. The smallest absolute Gasteiger partial charge is 0.223 e. The first-order valence-electron chi connectivity index (χ1n) is 6.81. The normalized spacial score (nSPS) is 32.3. The van der Waals surface area contributed by atoms with E-state index in [-0.39, 0.29) is 0 Å². The quantitative estimate of drug-likeness (QED) is 0.753. The lowest BCUT2D eigenvalue weighted by Gasteiger charge is -2.29. The molecule has 0 aromatic heterocycles. The van der Waals surface area contributed by atoms with E-state index in [1.165, 1.54) is 19.3 Å². The molecule has 0 atom stereocenters. The maximum atomic E-state index is 12.0. The molecule has 2 rings (SSSR count). The number of hydrogen-bond donors (Lipinski definition) is 2. The van der Waals surface area contributed by atoms with E-state index in [9.17, 15) is 4.79 Å². The fourth-order valence-corrected chi connectivity index (χ4v) is 2.95. The van der Waals surface area contributed by atoms with E-state index in [4.69, 9.17) is 5.73 Å². The Hall–Kier alpha value is -0.570. The minimum atomic E-state index is 0.296. The molecule has 0 saturated heterocycles. The minimum absolute atomic E-state index is 0.296. The summed E-state index contributed by atoms with van der Waals surface area (Å²) in [5.74, 6) is 0.601. The van der Waals surface area contributed by atoms with Crippen LogP contribution >= 0.6 is 0 Å². The Morgan fingerprint density at radius 1 is 0.938 bits per heavy atom. The minimum Gasteiger partial charge on any atom is -0.353 e. The van der Waals surface area contributed by atoms with Gasteiger partial charge < -0.3 is 11.1 Å². The second-order valence-electron chi connectivity index (χ2n) is 5.46. The topological polar surface area (TPSA) is 55.1 Å². The third-order valence-corrected chi connectivity index (χ3v) is 4.09. The third-order valence-electron chi connectivity index (χ3n) is 4.09. The largest absolute Gasteiger partial charge is 0.353 e. The van der Waals surface area contributed by atoms with Crippen LogP contribution in [0.25, 0.3) is 0 Å². The van der Waals surface area contributed by atoms with Crippen LogP contribution in [0.2, 0.25) is 0 Å². The van der Waals surface area contributed by atoms with Crippen molar-refractivity contribution in [1.82, 2.24) is 5.32 Å². The third kappa shape index (κ3) is 3.21. The highest BCUT2D eigenvalue weighted by Gasteiger charge is 2.25. The zero-order chi connectivity index (χ0) is 11.4. The standard InChI is InChI=1S/C13H24N2O/c14-11-6-8-12(9-7-11)15-13(16)10-4-2-1-3-5-10/h10-12H,1-9,14H2,(H,15,16). The van der Waals surface area contributed by atoms with Crippen molar-refractivity contribution in [3.05, 3.63) is 0 Å². The van der Waals surface area contributed by atoms with Crippen molar-refractivity contribution in [3.8, 4) is 0 Å². The van der Waals surface area contributed by atoms with Crippen LogP contribution in [0.5, 0.6) is 0 Å². The second-order valence-corrected chi connectivity index (χ2v) is 5.46. The molecule has 2 fully saturated rings. The molecule has 3 nitrogen and oxygen atoms in total. The van der Waals surface area contributed by atoms with E-state index in [1.54, 1.807) is 0 Å². The molecule has 2 saturated carbocycles. The van der Waals surface area contributed by atoms with Gasteiger partial charge in [-0.2, -0.15) is 0 Å². The highest BCUT2D eigenvalue weighted by molar-refractivity contribution is 5.79. The molecule has 0 unspecified atom stereocenters. The van der Waals surface area contributed by atoms with Crippen LogP contribution in [0, 0.1) is 5.92 Å². The van der Waals surface area contributed by atoms with Crippen LogP contribution in [0.3, 0.4) is 0 Å². The number of carbonyl (C=O) groups is 1. The Bertz CT molecular complexity index is 228. The molecule has 0 aromatic carbocycles. The first-order valence-corrected chi connectivity index (χ1v) is 6.81. The van der Waals surface area contributed by atoms with Gasteiger partial charge >= 0.3 is 0 Å². The Labute approximate surface area is 98.2 Å². The zero-order valence-corrected chi connectivity index (χ0v) is 10.1. The highest BCUT2D eigenvalue weighted by atomic mass is 16.1. The van der Waals surface area contributed by atoms with Crippen molar-refractivity contribution in [2.24, 2.45) is 11.7 Å². The fourth-order valence-electron chi connectivity index (χ4n) is 2.95. The summed E-state index contributed by atoms with van der Waals surface area (Å²) in [6.07, 6.45) is 10.2. The summed E-state index contributed by atoms with van der Waals surface area (Å²) in [5, 5.41) is 3.21. The van der Waals surface area contributed by atoms with E-state index < -0.39 is 0 Å². The molecule has 0 radical (unpaired) electrons. The van der Waals surface area contributed by atoms with Crippen molar-refractivity contribution in [1.29, 1.82) is 0 Å². The van der Waals surface area contributed by atoms with E-state index in [0.29, 0.717) is 23.9 Å². The molecule has 1 amide bonds. The molecule has 0 heterocycles. The molecular weight excluding hydrogens is 200 g/mol. The Morgan fingerprint density at radius 3 is 2.19 bits per heavy atom. The van der Waals surface area contributed by atoms with Crippen LogP contribution in [0.4, 0.5) is 0 Å². The summed E-state index contributed by atoms with van der Waals surface area (Å²) < 4.78 is 0. The maximum Gasteiger partial charge on any atom is 0.223 e. The molecule has 3 heteroatoms. The highest BCUT2D eigenvalue weighted by Crippen LogP contribution is 2.24. The number of nitrogens with one attached hydrogen (secondary N) is 1. The van der Waals surface area contributed by atoms with Gasteiger partial charge in [0.25, 0.3) is 0 Å². The van der Waals surface area contributed by atoms with Gasteiger partial charge in [-0.25, -0.2) is 0 Å². The van der Waals surface area contributed by atoms with Crippen LogP contribution < -0.4 is 11.1 Å². The summed E-state index contributed by atoms with van der Waals surface area (Å²) in [7, 11) is 0. The van der Waals surface area contributed by atoms with Gasteiger partial charge in [-0.05, 0) is 38.5 Å². The lowest BCUT2D eigenvalue weighted by Crippen LogP contribution is -2.43. The van der Waals surface area contributed by atoms with Gasteiger partial charge in [-0.15, -0.1) is 0 Å². The molecule has 16 heavy (non-hydrogen) atoms. The van der Waals surface area contributed by atoms with Crippen LogP contribution in [0.15, 0.2) is 0 Å². The Morgan fingerprint density at radius 2 is 1.56 bits per heavy atom. The first-order chi connectivity index (χ1) is 7.75. The number of amides is 1. The Kier molecular flexibility index (Phi) is 4.22.